The molecule has 1 N–H and O–H groups in total. The smallest absolute Gasteiger partial charge is 0.0931 e. The van der Waals surface area contributed by atoms with Gasteiger partial charge in [-0.1, -0.05) is 64.3 Å². The summed E-state index contributed by atoms with van der Waals surface area (Å²) in [6, 6.07) is 7.94. The largest absolute Gasteiger partial charge is 0.345 e. The molecule has 0 saturated heterocycles. The third kappa shape index (κ3) is 4.72. The maximum absolute atomic E-state index is 4.06. The average Bonchev–Trinajstić information content (AvgIpc) is 2.99. The van der Waals surface area contributed by atoms with Gasteiger partial charge in [-0.05, 0) is 42.7 Å². The first kappa shape index (κ1) is 16.8. The van der Waals surface area contributed by atoms with Gasteiger partial charge < -0.3 is 4.98 Å². The van der Waals surface area contributed by atoms with Crippen molar-refractivity contribution in [1.82, 2.24) is 9.97 Å². The van der Waals surface area contributed by atoms with Gasteiger partial charge in [-0.3, -0.25) is 0 Å². The molecular weight excluding hydrogens is 268 g/mol. The zero-order valence-electron chi connectivity index (χ0n) is 14.3. The topological polar surface area (TPSA) is 28.7 Å². The number of H-pyrrole nitrogens is 1. The van der Waals surface area contributed by atoms with Crippen molar-refractivity contribution in [2.24, 2.45) is 17.8 Å². The predicted octanol–water partition coefficient (Wildman–Crippen LogP) is 5.98. The lowest BCUT2D eigenvalue weighted by molar-refractivity contribution is 0.254. The van der Waals surface area contributed by atoms with Gasteiger partial charge in [-0.25, -0.2) is 4.98 Å². The number of rotatable bonds is 4. The van der Waals surface area contributed by atoms with E-state index in [1.165, 1.54) is 32.1 Å². The summed E-state index contributed by atoms with van der Waals surface area (Å²) in [5.41, 5.74) is 2.12. The molecule has 0 radical (unpaired) electrons. The summed E-state index contributed by atoms with van der Waals surface area (Å²) in [6.07, 6.45) is 13.4. The Morgan fingerprint density at radius 2 is 2.00 bits per heavy atom. The second-order valence-corrected chi connectivity index (χ2v) is 6.58. The summed E-state index contributed by atoms with van der Waals surface area (Å²) < 4.78 is 0. The number of nitrogens with zero attached hydrogens (tertiary/aromatic N) is 1. The number of allylic oxidation sites excluding steroid dienone is 2. The number of nitrogens with one attached hydrogen (secondary N) is 1. The fraction of sp³-hybridized carbons (Fsp3) is 0.550. The number of aromatic amines is 1. The van der Waals surface area contributed by atoms with Crippen molar-refractivity contribution in [3.8, 4) is 0 Å². The normalized spacial score (nSPS) is 24.0. The number of para-hydroxylation sites is 2. The first-order valence-corrected chi connectivity index (χ1v) is 8.77. The molecule has 22 heavy (non-hydrogen) atoms. The van der Waals surface area contributed by atoms with Gasteiger partial charge in [0.05, 0.1) is 17.4 Å². The van der Waals surface area contributed by atoms with Crippen molar-refractivity contribution in [2.45, 2.75) is 52.9 Å². The number of fused-ring (bicyclic) bond motifs is 1. The minimum Gasteiger partial charge on any atom is -0.345 e. The molecule has 3 rings (SSSR count). The van der Waals surface area contributed by atoms with Crippen LogP contribution in [-0.2, 0) is 0 Å². The quantitative estimate of drug-likeness (QED) is 0.546. The molecule has 1 heterocycles. The van der Waals surface area contributed by atoms with E-state index < -0.39 is 0 Å². The van der Waals surface area contributed by atoms with Crippen LogP contribution in [0, 0.1) is 17.8 Å². The van der Waals surface area contributed by atoms with E-state index in [0.717, 1.165) is 28.8 Å². The maximum Gasteiger partial charge on any atom is 0.0931 e. The molecule has 3 unspecified atom stereocenters. The van der Waals surface area contributed by atoms with Crippen LogP contribution in [0.15, 0.2) is 42.7 Å². The van der Waals surface area contributed by atoms with Crippen LogP contribution >= 0.6 is 0 Å². The first-order chi connectivity index (χ1) is 10.7. The highest BCUT2D eigenvalue weighted by atomic mass is 14.9. The summed E-state index contributed by atoms with van der Waals surface area (Å²) in [5, 5.41) is 0. The van der Waals surface area contributed by atoms with E-state index in [1.807, 2.05) is 24.3 Å². The molecule has 1 aromatic heterocycles. The van der Waals surface area contributed by atoms with Gasteiger partial charge in [-0.2, -0.15) is 0 Å². The van der Waals surface area contributed by atoms with Crippen LogP contribution in [0.2, 0.25) is 0 Å². The zero-order valence-corrected chi connectivity index (χ0v) is 14.3. The second-order valence-electron chi connectivity index (χ2n) is 6.58. The highest BCUT2D eigenvalue weighted by Crippen LogP contribution is 2.33. The lowest BCUT2D eigenvalue weighted by Gasteiger charge is -2.30. The monoisotopic (exact) mass is 298 g/mol. The van der Waals surface area contributed by atoms with Crippen LogP contribution in [0.4, 0.5) is 0 Å². The molecule has 1 aromatic carbocycles. The van der Waals surface area contributed by atoms with E-state index in [-0.39, 0.29) is 0 Å². The third-order valence-electron chi connectivity index (χ3n) is 4.82. The van der Waals surface area contributed by atoms with Gasteiger partial charge >= 0.3 is 0 Å². The Morgan fingerprint density at radius 1 is 1.18 bits per heavy atom. The van der Waals surface area contributed by atoms with Gasteiger partial charge in [0.25, 0.3) is 0 Å². The van der Waals surface area contributed by atoms with Gasteiger partial charge in [0, 0.05) is 0 Å². The predicted molar refractivity (Wildman–Crippen MR) is 95.8 cm³/mol. The summed E-state index contributed by atoms with van der Waals surface area (Å²) >= 11 is 0. The van der Waals surface area contributed by atoms with Crippen molar-refractivity contribution >= 4 is 11.0 Å². The second kappa shape index (κ2) is 8.77. The van der Waals surface area contributed by atoms with E-state index in [2.05, 4.69) is 42.9 Å². The Balaban J connectivity index is 0.000000170. The molecule has 2 aromatic rings. The lowest BCUT2D eigenvalue weighted by atomic mass is 9.75. The lowest BCUT2D eigenvalue weighted by Crippen LogP contribution is -2.21. The van der Waals surface area contributed by atoms with Crippen molar-refractivity contribution in [3.05, 3.63) is 42.7 Å². The Labute approximate surface area is 135 Å². The standard InChI is InChI=1S/C13H24.C7H6N2/c1-4-5-6-10-13-11(2)8-7-9-12(13)3;1-2-4-7-6(3-1)8-5-9-7/h7-8,11-13H,4-6,9-10H2,1-3H3;1-5H,(H,8,9). The summed E-state index contributed by atoms with van der Waals surface area (Å²) in [7, 11) is 0. The van der Waals surface area contributed by atoms with Crippen LogP contribution in [-0.4, -0.2) is 9.97 Å². The van der Waals surface area contributed by atoms with E-state index in [0.29, 0.717) is 0 Å². The van der Waals surface area contributed by atoms with Crippen LogP contribution in [0.5, 0.6) is 0 Å². The Bertz CT molecular complexity index is 540. The maximum atomic E-state index is 4.06. The molecule has 120 valence electrons. The summed E-state index contributed by atoms with van der Waals surface area (Å²) in [4.78, 5) is 7.07. The number of aromatic nitrogens is 2. The molecule has 0 bridgehead atoms. The molecule has 2 nitrogen and oxygen atoms in total. The van der Waals surface area contributed by atoms with E-state index in [4.69, 9.17) is 0 Å². The molecule has 0 fully saturated rings. The fourth-order valence-corrected chi connectivity index (χ4v) is 3.40. The highest BCUT2D eigenvalue weighted by Gasteiger charge is 2.23. The van der Waals surface area contributed by atoms with E-state index in [9.17, 15) is 0 Å². The highest BCUT2D eigenvalue weighted by molar-refractivity contribution is 5.73. The Kier molecular flexibility index (Phi) is 6.70. The van der Waals surface area contributed by atoms with Gasteiger partial charge in [0.15, 0.2) is 0 Å². The van der Waals surface area contributed by atoms with Crippen molar-refractivity contribution in [3.63, 3.8) is 0 Å². The van der Waals surface area contributed by atoms with Crippen molar-refractivity contribution < 1.29 is 0 Å². The Hall–Kier alpha value is -1.57. The van der Waals surface area contributed by atoms with Crippen molar-refractivity contribution in [1.29, 1.82) is 0 Å². The molecule has 0 saturated carbocycles. The SMILES string of the molecule is CCCCCC1C(C)C=CCC1C.c1ccc2[nH]cnc2c1. The van der Waals surface area contributed by atoms with Crippen molar-refractivity contribution in [2.75, 3.05) is 0 Å². The molecule has 0 aliphatic heterocycles. The third-order valence-corrected chi connectivity index (χ3v) is 4.82. The summed E-state index contributed by atoms with van der Waals surface area (Å²) in [6.45, 7) is 7.08. The molecule has 1 aliphatic carbocycles. The number of imidazole rings is 1. The molecule has 0 spiro atoms. The fourth-order valence-electron chi connectivity index (χ4n) is 3.40. The van der Waals surface area contributed by atoms with Gasteiger partial charge in [-0.15, -0.1) is 0 Å². The van der Waals surface area contributed by atoms with E-state index in [1.54, 1.807) is 6.33 Å². The summed E-state index contributed by atoms with van der Waals surface area (Å²) in [5.74, 6) is 2.69. The van der Waals surface area contributed by atoms with E-state index >= 15 is 0 Å². The van der Waals surface area contributed by atoms with Crippen LogP contribution in [0.3, 0.4) is 0 Å². The molecular formula is C20H30N2. The van der Waals surface area contributed by atoms with Crippen LogP contribution < -0.4 is 0 Å². The van der Waals surface area contributed by atoms with Crippen LogP contribution in [0.1, 0.15) is 52.9 Å². The number of benzene rings is 1. The average molecular weight is 298 g/mol. The molecule has 2 heteroatoms. The minimum absolute atomic E-state index is 0.820. The molecule has 1 aliphatic rings. The molecule has 3 atom stereocenters. The Morgan fingerprint density at radius 3 is 2.73 bits per heavy atom. The first-order valence-electron chi connectivity index (χ1n) is 8.77. The van der Waals surface area contributed by atoms with Crippen LogP contribution in [0.25, 0.3) is 11.0 Å². The van der Waals surface area contributed by atoms with Gasteiger partial charge in [0.1, 0.15) is 0 Å². The minimum atomic E-state index is 0.820. The molecule has 0 amide bonds. The zero-order chi connectivity index (χ0) is 15.8. The van der Waals surface area contributed by atoms with Gasteiger partial charge in [0.2, 0.25) is 0 Å². The number of hydrogen-bond donors (Lipinski definition) is 1. The number of unbranched alkanes of at least 4 members (excludes halogenated alkanes) is 2. The number of hydrogen-bond acceptors (Lipinski definition) is 1.